The van der Waals surface area contributed by atoms with Crippen LogP contribution in [0.15, 0.2) is 17.3 Å². The third-order valence-corrected chi connectivity index (χ3v) is 5.51. The summed E-state index contributed by atoms with van der Waals surface area (Å²) >= 11 is 0. The lowest BCUT2D eigenvalue weighted by Gasteiger charge is -2.20. The van der Waals surface area contributed by atoms with Crippen molar-refractivity contribution in [3.05, 3.63) is 12.4 Å². The van der Waals surface area contributed by atoms with Crippen LogP contribution in [-0.2, 0) is 16.6 Å². The number of rotatable bonds is 7. The van der Waals surface area contributed by atoms with Gasteiger partial charge in [-0.1, -0.05) is 0 Å². The van der Waals surface area contributed by atoms with E-state index in [2.05, 4.69) is 5.10 Å². The van der Waals surface area contributed by atoms with E-state index in [0.717, 1.165) is 25.7 Å². The summed E-state index contributed by atoms with van der Waals surface area (Å²) in [5.41, 5.74) is 0. The minimum absolute atomic E-state index is 0.0461. The molecule has 2 aliphatic carbocycles. The SMILES string of the molecule is O=S(=O)(c1cnn(CCO)c1)N(CC1CC1)C1CC1. The number of sulfonamides is 1. The molecule has 0 amide bonds. The van der Waals surface area contributed by atoms with Crippen molar-refractivity contribution in [2.45, 2.75) is 43.2 Å². The maximum atomic E-state index is 12.6. The lowest BCUT2D eigenvalue weighted by molar-refractivity contribution is 0.269. The number of hydrogen-bond donors (Lipinski definition) is 1. The molecule has 1 heterocycles. The van der Waals surface area contributed by atoms with Crippen molar-refractivity contribution in [1.82, 2.24) is 14.1 Å². The summed E-state index contributed by atoms with van der Waals surface area (Å²) in [7, 11) is -3.42. The standard InChI is InChI=1S/C12H19N3O3S/c16-6-5-14-9-12(7-13-14)19(17,18)15(11-3-4-11)8-10-1-2-10/h7,9-11,16H,1-6,8H2. The minimum Gasteiger partial charge on any atom is -0.394 e. The van der Waals surface area contributed by atoms with E-state index in [1.807, 2.05) is 0 Å². The number of aromatic nitrogens is 2. The molecule has 0 spiro atoms. The van der Waals surface area contributed by atoms with Crippen molar-refractivity contribution in [2.75, 3.05) is 13.2 Å². The molecule has 0 bridgehead atoms. The van der Waals surface area contributed by atoms with Gasteiger partial charge in [0.15, 0.2) is 0 Å². The van der Waals surface area contributed by atoms with Gasteiger partial charge in [0.2, 0.25) is 10.0 Å². The normalized spacial score (nSPS) is 20.1. The molecule has 1 N–H and O–H groups in total. The van der Waals surface area contributed by atoms with E-state index in [1.165, 1.54) is 17.1 Å². The molecule has 7 heteroatoms. The van der Waals surface area contributed by atoms with Gasteiger partial charge in [-0.25, -0.2) is 8.42 Å². The molecule has 0 radical (unpaired) electrons. The summed E-state index contributed by atoms with van der Waals surface area (Å²) in [6, 6.07) is 0.187. The second-order valence-electron chi connectivity index (χ2n) is 5.41. The molecule has 1 aromatic heterocycles. The van der Waals surface area contributed by atoms with Crippen LogP contribution in [0.4, 0.5) is 0 Å². The van der Waals surface area contributed by atoms with Crippen LogP contribution in [-0.4, -0.2) is 46.8 Å². The van der Waals surface area contributed by atoms with Crippen molar-refractivity contribution < 1.29 is 13.5 Å². The molecule has 3 rings (SSSR count). The molecule has 0 aromatic carbocycles. The lowest BCUT2D eigenvalue weighted by atomic mass is 10.4. The van der Waals surface area contributed by atoms with Gasteiger partial charge in [-0.2, -0.15) is 9.40 Å². The van der Waals surface area contributed by atoms with Gasteiger partial charge in [-0.3, -0.25) is 4.68 Å². The molecular weight excluding hydrogens is 266 g/mol. The molecule has 0 saturated heterocycles. The topological polar surface area (TPSA) is 75.4 Å². The van der Waals surface area contributed by atoms with Crippen LogP contribution < -0.4 is 0 Å². The summed E-state index contributed by atoms with van der Waals surface area (Å²) in [6.07, 6.45) is 7.11. The molecule has 1 aromatic rings. The highest BCUT2D eigenvalue weighted by molar-refractivity contribution is 7.89. The predicted octanol–water partition coefficient (Wildman–Crippen LogP) is 0.438. The maximum absolute atomic E-state index is 12.6. The second kappa shape index (κ2) is 4.88. The van der Waals surface area contributed by atoms with Gasteiger partial charge < -0.3 is 5.11 Å². The van der Waals surface area contributed by atoms with Crippen LogP contribution >= 0.6 is 0 Å². The zero-order valence-corrected chi connectivity index (χ0v) is 11.6. The monoisotopic (exact) mass is 285 g/mol. The van der Waals surface area contributed by atoms with Crippen LogP contribution in [0.3, 0.4) is 0 Å². The molecular formula is C12H19N3O3S. The quantitative estimate of drug-likeness (QED) is 0.788. The van der Waals surface area contributed by atoms with Crippen molar-refractivity contribution in [3.8, 4) is 0 Å². The summed E-state index contributed by atoms with van der Waals surface area (Å²) in [5.74, 6) is 0.544. The molecule has 2 fully saturated rings. The van der Waals surface area contributed by atoms with Crippen LogP contribution in [0, 0.1) is 5.92 Å². The fourth-order valence-corrected chi connectivity index (χ4v) is 3.92. The Balaban J connectivity index is 1.81. The van der Waals surface area contributed by atoms with Crippen LogP contribution in [0.1, 0.15) is 25.7 Å². The third kappa shape index (κ3) is 2.82. The third-order valence-electron chi connectivity index (χ3n) is 3.63. The Bertz CT molecular complexity index is 546. The van der Waals surface area contributed by atoms with Crippen LogP contribution in [0.5, 0.6) is 0 Å². The summed E-state index contributed by atoms with van der Waals surface area (Å²) < 4.78 is 28.3. The lowest BCUT2D eigenvalue weighted by Crippen LogP contribution is -2.34. The predicted molar refractivity (Wildman–Crippen MR) is 69.0 cm³/mol. The summed E-state index contributed by atoms with van der Waals surface area (Å²) in [6.45, 7) is 0.926. The average Bonchev–Trinajstić information content (AvgIpc) is 3.27. The molecule has 19 heavy (non-hydrogen) atoms. The van der Waals surface area contributed by atoms with E-state index >= 15 is 0 Å². The number of aliphatic hydroxyl groups excluding tert-OH is 1. The zero-order valence-electron chi connectivity index (χ0n) is 10.8. The highest BCUT2D eigenvalue weighted by atomic mass is 32.2. The fourth-order valence-electron chi connectivity index (χ4n) is 2.20. The number of aliphatic hydroxyl groups is 1. The summed E-state index contributed by atoms with van der Waals surface area (Å²) in [5, 5.41) is 12.8. The smallest absolute Gasteiger partial charge is 0.246 e. The Morgan fingerprint density at radius 3 is 2.68 bits per heavy atom. The highest BCUT2D eigenvalue weighted by Gasteiger charge is 2.41. The Hall–Kier alpha value is -0.920. The van der Waals surface area contributed by atoms with Crippen molar-refractivity contribution >= 4 is 10.0 Å². The van der Waals surface area contributed by atoms with Crippen LogP contribution in [0.25, 0.3) is 0 Å². The van der Waals surface area contributed by atoms with Gasteiger partial charge in [-0.15, -0.1) is 0 Å². The van der Waals surface area contributed by atoms with Crippen LogP contribution in [0.2, 0.25) is 0 Å². The first-order valence-corrected chi connectivity index (χ1v) is 8.20. The van der Waals surface area contributed by atoms with Gasteiger partial charge in [0.05, 0.1) is 19.3 Å². The Morgan fingerprint density at radius 2 is 2.11 bits per heavy atom. The molecule has 6 nitrogen and oxygen atoms in total. The number of hydrogen-bond acceptors (Lipinski definition) is 4. The Kier molecular flexibility index (Phi) is 3.36. The van der Waals surface area contributed by atoms with Crippen molar-refractivity contribution in [2.24, 2.45) is 5.92 Å². The second-order valence-corrected chi connectivity index (χ2v) is 7.30. The molecule has 0 aliphatic heterocycles. The van der Waals surface area contributed by atoms with E-state index in [9.17, 15) is 8.42 Å². The molecule has 2 saturated carbocycles. The average molecular weight is 285 g/mol. The molecule has 106 valence electrons. The zero-order chi connectivity index (χ0) is 13.5. The largest absolute Gasteiger partial charge is 0.394 e. The van der Waals surface area contributed by atoms with Gasteiger partial charge in [0.25, 0.3) is 0 Å². The van der Waals surface area contributed by atoms with E-state index in [-0.39, 0.29) is 17.5 Å². The van der Waals surface area contributed by atoms with Gasteiger partial charge in [0, 0.05) is 18.8 Å². The molecule has 0 atom stereocenters. The highest BCUT2D eigenvalue weighted by Crippen LogP contribution is 2.37. The van der Waals surface area contributed by atoms with E-state index in [1.54, 1.807) is 4.31 Å². The fraction of sp³-hybridized carbons (Fsp3) is 0.750. The first-order valence-electron chi connectivity index (χ1n) is 6.76. The first kappa shape index (κ1) is 13.1. The molecule has 0 unspecified atom stereocenters. The number of nitrogens with zero attached hydrogens (tertiary/aromatic N) is 3. The molecule has 2 aliphatic rings. The van der Waals surface area contributed by atoms with E-state index in [4.69, 9.17) is 5.11 Å². The Labute approximate surface area is 113 Å². The Morgan fingerprint density at radius 1 is 1.37 bits per heavy atom. The minimum atomic E-state index is -3.42. The van der Waals surface area contributed by atoms with E-state index < -0.39 is 10.0 Å². The maximum Gasteiger partial charge on any atom is 0.246 e. The first-order chi connectivity index (χ1) is 9.11. The van der Waals surface area contributed by atoms with Gasteiger partial charge in [0.1, 0.15) is 4.90 Å². The van der Waals surface area contributed by atoms with Gasteiger partial charge in [-0.05, 0) is 31.6 Å². The van der Waals surface area contributed by atoms with Gasteiger partial charge >= 0.3 is 0 Å². The van der Waals surface area contributed by atoms with Crippen molar-refractivity contribution in [3.63, 3.8) is 0 Å². The summed E-state index contributed by atoms with van der Waals surface area (Å²) in [4.78, 5) is 0.244. The van der Waals surface area contributed by atoms with Crippen molar-refractivity contribution in [1.29, 1.82) is 0 Å². The van der Waals surface area contributed by atoms with E-state index in [0.29, 0.717) is 19.0 Å².